The summed E-state index contributed by atoms with van der Waals surface area (Å²) in [6.07, 6.45) is 5.76. The Balaban J connectivity index is 1.28. The second-order valence-corrected chi connectivity index (χ2v) is 10.3. The molecule has 0 aromatic heterocycles. The van der Waals surface area contributed by atoms with Crippen molar-refractivity contribution in [3.05, 3.63) is 40.1 Å². The van der Waals surface area contributed by atoms with Gasteiger partial charge in [0.1, 0.15) is 6.04 Å². The summed E-state index contributed by atoms with van der Waals surface area (Å²) in [6, 6.07) is 5.90. The summed E-state index contributed by atoms with van der Waals surface area (Å²) in [4.78, 5) is 30.7. The molecule has 5 aliphatic rings. The largest absolute Gasteiger partial charge is 0.633 e. The predicted octanol–water partition coefficient (Wildman–Crippen LogP) is 2.83. The van der Waals surface area contributed by atoms with Crippen LogP contribution in [0.2, 0.25) is 0 Å². The first-order chi connectivity index (χ1) is 14.5. The van der Waals surface area contributed by atoms with Gasteiger partial charge >= 0.3 is 0 Å². The zero-order chi connectivity index (χ0) is 20.6. The molecule has 0 aliphatic carbocycles. The summed E-state index contributed by atoms with van der Waals surface area (Å²) in [5.74, 6) is 0.803. The van der Waals surface area contributed by atoms with E-state index in [-0.39, 0.29) is 34.6 Å². The van der Waals surface area contributed by atoms with E-state index in [1.165, 1.54) is 0 Å². The van der Waals surface area contributed by atoms with E-state index >= 15 is 0 Å². The van der Waals surface area contributed by atoms with Crippen LogP contribution in [-0.4, -0.2) is 64.0 Å². The molecule has 6 atom stereocenters. The smallest absolute Gasteiger partial charge is 0.255 e. The minimum Gasteiger partial charge on any atom is -0.633 e. The minimum absolute atomic E-state index is 0.00348. The van der Waals surface area contributed by atoms with Crippen LogP contribution in [0.4, 0.5) is 0 Å². The maximum absolute atomic E-state index is 13.7. The van der Waals surface area contributed by atoms with Gasteiger partial charge in [-0.05, 0) is 62.6 Å². The molecule has 30 heavy (non-hydrogen) atoms. The molecule has 4 saturated heterocycles. The average Bonchev–Trinajstić information content (AvgIpc) is 3.07. The van der Waals surface area contributed by atoms with Crippen molar-refractivity contribution in [1.82, 2.24) is 9.80 Å². The molecular formula is C24H31N3O3. The molecule has 0 radical (unpaired) electrons. The number of quaternary nitrogens is 1. The van der Waals surface area contributed by atoms with E-state index in [0.717, 1.165) is 74.8 Å². The van der Waals surface area contributed by atoms with Gasteiger partial charge in [-0.15, -0.1) is 0 Å². The van der Waals surface area contributed by atoms with E-state index in [9.17, 15) is 14.8 Å². The zero-order valence-electron chi connectivity index (χ0n) is 17.8. The highest BCUT2D eigenvalue weighted by molar-refractivity contribution is 6.01. The van der Waals surface area contributed by atoms with Crippen molar-refractivity contribution in [3.8, 4) is 0 Å². The van der Waals surface area contributed by atoms with Crippen molar-refractivity contribution in [2.45, 2.75) is 70.1 Å². The molecule has 0 saturated carbocycles. The van der Waals surface area contributed by atoms with Gasteiger partial charge in [-0.3, -0.25) is 9.59 Å². The standard InChI is InChI=1S/C24H31N3O3/c1-15-5-2-7-17-19(15)14-26(23(17)28)21-10-9-20-18-8-4-12-27(30)11-3-6-16(22(18)27)13-25(20)24(21)29/h2,5,7,16,18,20-22H,3-4,6,8-14H2,1H3/t16-,18-,20-,21?,22+,27?/m1/s1. The lowest BCUT2D eigenvalue weighted by atomic mass is 9.67. The molecule has 0 N–H and O–H groups in total. The number of aryl methyl sites for hydroxylation is 1. The van der Waals surface area contributed by atoms with Crippen LogP contribution in [0.1, 0.15) is 60.0 Å². The summed E-state index contributed by atoms with van der Waals surface area (Å²) in [5, 5.41) is 13.5. The highest BCUT2D eigenvalue weighted by atomic mass is 16.5. The topological polar surface area (TPSA) is 63.7 Å². The molecule has 160 valence electrons. The van der Waals surface area contributed by atoms with Crippen molar-refractivity contribution in [2.24, 2.45) is 11.8 Å². The van der Waals surface area contributed by atoms with Crippen LogP contribution in [0.3, 0.4) is 0 Å². The lowest BCUT2D eigenvalue weighted by Crippen LogP contribution is -2.73. The number of carbonyl (C=O) groups excluding carboxylic acids is 2. The van der Waals surface area contributed by atoms with Gasteiger partial charge in [0.05, 0.1) is 19.1 Å². The SMILES string of the molecule is Cc1cccc2c1CN(C1CC[C@@H]3[C@H]4CCC[N+]5([O-])CCC[C@H](CN3C1=O)[C@@H]45)C2=O. The van der Waals surface area contributed by atoms with Crippen molar-refractivity contribution in [3.63, 3.8) is 0 Å². The third kappa shape index (κ3) is 2.50. The van der Waals surface area contributed by atoms with Crippen molar-refractivity contribution < 1.29 is 14.2 Å². The number of nitrogens with zero attached hydrogens (tertiary/aromatic N) is 3. The van der Waals surface area contributed by atoms with E-state index in [4.69, 9.17) is 0 Å². The van der Waals surface area contributed by atoms with Gasteiger partial charge in [-0.25, -0.2) is 0 Å². The monoisotopic (exact) mass is 409 g/mol. The number of carbonyl (C=O) groups is 2. The number of benzene rings is 1. The Hall–Kier alpha value is -1.92. The third-order valence-electron chi connectivity index (χ3n) is 8.89. The van der Waals surface area contributed by atoms with Gasteiger partial charge < -0.3 is 19.7 Å². The van der Waals surface area contributed by atoms with Crippen LogP contribution < -0.4 is 0 Å². The number of hydroxylamine groups is 3. The third-order valence-corrected chi connectivity index (χ3v) is 8.89. The molecule has 5 aliphatic heterocycles. The maximum atomic E-state index is 13.7. The number of amides is 2. The number of hydrogen-bond acceptors (Lipinski definition) is 3. The normalized spacial score (nSPS) is 40.1. The first-order valence-electron chi connectivity index (χ1n) is 11.8. The Morgan fingerprint density at radius 2 is 1.83 bits per heavy atom. The van der Waals surface area contributed by atoms with E-state index in [0.29, 0.717) is 18.4 Å². The van der Waals surface area contributed by atoms with E-state index in [1.807, 2.05) is 30.0 Å². The van der Waals surface area contributed by atoms with Crippen molar-refractivity contribution in [2.75, 3.05) is 19.6 Å². The highest BCUT2D eigenvalue weighted by Crippen LogP contribution is 2.48. The van der Waals surface area contributed by atoms with Crippen LogP contribution in [-0.2, 0) is 11.3 Å². The Morgan fingerprint density at radius 3 is 2.63 bits per heavy atom. The fraction of sp³-hybridized carbons (Fsp3) is 0.667. The quantitative estimate of drug-likeness (QED) is 0.529. The molecule has 6 heteroatoms. The lowest BCUT2D eigenvalue weighted by Gasteiger charge is -2.65. The van der Waals surface area contributed by atoms with Gasteiger partial charge in [-0.2, -0.15) is 0 Å². The fourth-order valence-electron chi connectivity index (χ4n) is 7.61. The Kier molecular flexibility index (Phi) is 4.10. The molecule has 2 unspecified atom stereocenters. The van der Waals surface area contributed by atoms with E-state index < -0.39 is 0 Å². The number of hydrogen-bond donors (Lipinski definition) is 0. The maximum Gasteiger partial charge on any atom is 0.255 e. The van der Waals surface area contributed by atoms with Gasteiger partial charge in [0, 0.05) is 36.5 Å². The Bertz CT molecular complexity index is 913. The predicted molar refractivity (Wildman–Crippen MR) is 112 cm³/mol. The molecule has 6 nitrogen and oxygen atoms in total. The summed E-state index contributed by atoms with van der Waals surface area (Å²) in [6.45, 7) is 4.84. The molecule has 5 heterocycles. The first-order valence-corrected chi connectivity index (χ1v) is 11.8. The molecule has 2 amide bonds. The summed E-state index contributed by atoms with van der Waals surface area (Å²) >= 11 is 0. The van der Waals surface area contributed by atoms with Crippen molar-refractivity contribution >= 4 is 11.8 Å². The van der Waals surface area contributed by atoms with Gasteiger partial charge in [0.15, 0.2) is 0 Å². The van der Waals surface area contributed by atoms with Crippen LogP contribution in [0.25, 0.3) is 0 Å². The zero-order valence-corrected chi connectivity index (χ0v) is 17.8. The molecule has 4 fully saturated rings. The first kappa shape index (κ1) is 18.8. The lowest BCUT2D eigenvalue weighted by molar-refractivity contribution is -0.925. The van der Waals surface area contributed by atoms with Crippen LogP contribution in [0, 0.1) is 24.0 Å². The van der Waals surface area contributed by atoms with Crippen LogP contribution in [0.15, 0.2) is 18.2 Å². The summed E-state index contributed by atoms with van der Waals surface area (Å²) in [7, 11) is 0. The molecular weight excluding hydrogens is 378 g/mol. The molecule has 1 aromatic rings. The molecule has 0 spiro atoms. The van der Waals surface area contributed by atoms with Gasteiger partial charge in [0.2, 0.25) is 5.91 Å². The van der Waals surface area contributed by atoms with Gasteiger partial charge in [0.25, 0.3) is 5.91 Å². The number of fused-ring (bicyclic) bond motifs is 3. The second-order valence-electron chi connectivity index (χ2n) is 10.3. The summed E-state index contributed by atoms with van der Waals surface area (Å²) in [5.41, 5.74) is 2.96. The van der Waals surface area contributed by atoms with E-state index in [1.54, 1.807) is 0 Å². The van der Waals surface area contributed by atoms with Crippen LogP contribution in [0.5, 0.6) is 0 Å². The Labute approximate surface area is 178 Å². The number of rotatable bonds is 1. The minimum atomic E-state index is -0.351. The van der Waals surface area contributed by atoms with Gasteiger partial charge in [-0.1, -0.05) is 12.1 Å². The molecule has 1 aromatic carbocycles. The molecule has 0 bridgehead atoms. The molecule has 6 rings (SSSR count). The number of piperidine rings is 4. The second kappa shape index (κ2) is 6.54. The summed E-state index contributed by atoms with van der Waals surface area (Å²) < 4.78 is -0.00348. The fourth-order valence-corrected chi connectivity index (χ4v) is 7.61. The van der Waals surface area contributed by atoms with Crippen molar-refractivity contribution in [1.29, 1.82) is 0 Å². The van der Waals surface area contributed by atoms with E-state index in [2.05, 4.69) is 4.90 Å². The Morgan fingerprint density at radius 1 is 1.03 bits per heavy atom. The van der Waals surface area contributed by atoms with Crippen LogP contribution >= 0.6 is 0 Å². The average molecular weight is 410 g/mol. The highest BCUT2D eigenvalue weighted by Gasteiger charge is 2.57.